The van der Waals surface area contributed by atoms with E-state index < -0.39 is 40.4 Å². The quantitative estimate of drug-likeness (QED) is 0.322. The summed E-state index contributed by atoms with van der Waals surface area (Å²) in [5.41, 5.74) is -0.189. The first-order valence-electron chi connectivity index (χ1n) is 10.3. The van der Waals surface area contributed by atoms with Gasteiger partial charge in [-0.15, -0.1) is 0 Å². The highest BCUT2D eigenvalue weighted by atomic mass is 16.6. The Morgan fingerprint density at radius 2 is 1.85 bits per heavy atom. The van der Waals surface area contributed by atoms with Gasteiger partial charge in [-0.3, -0.25) is 29.4 Å². The minimum Gasteiger partial charge on any atom is -0.497 e. The molecule has 2 atom stereocenters. The van der Waals surface area contributed by atoms with Crippen LogP contribution in [0.3, 0.4) is 0 Å². The standard InChI is InChI=1S/C23H21N5O6/c1-13(27-22(30)16-5-4-6-17(28(32)33)18(16)23(27)31)21(29)25-19(20-24-11-12-26(20)2)14-7-9-15(34-3)10-8-14/h4-13,19H,1-3H3,(H,25,29)/t13-,19?/m0/s1. The zero-order chi connectivity index (χ0) is 24.6. The second-order valence-electron chi connectivity index (χ2n) is 7.72. The Labute approximate surface area is 194 Å². The predicted octanol–water partition coefficient (Wildman–Crippen LogP) is 2.23. The van der Waals surface area contributed by atoms with Gasteiger partial charge >= 0.3 is 0 Å². The molecule has 4 rings (SSSR count). The Morgan fingerprint density at radius 3 is 2.44 bits per heavy atom. The smallest absolute Gasteiger partial charge is 0.282 e. The Bertz CT molecular complexity index is 1300. The van der Waals surface area contributed by atoms with Gasteiger partial charge in [0.05, 0.1) is 17.6 Å². The summed E-state index contributed by atoms with van der Waals surface area (Å²) in [4.78, 5) is 54.9. The lowest BCUT2D eigenvalue weighted by Crippen LogP contribution is -2.49. The maximum Gasteiger partial charge on any atom is 0.282 e. The van der Waals surface area contributed by atoms with Crippen molar-refractivity contribution < 1.29 is 24.0 Å². The van der Waals surface area contributed by atoms with E-state index in [1.807, 2.05) is 0 Å². The molecule has 0 aliphatic carbocycles. The van der Waals surface area contributed by atoms with E-state index in [9.17, 15) is 24.5 Å². The highest BCUT2D eigenvalue weighted by Crippen LogP contribution is 2.32. The lowest BCUT2D eigenvalue weighted by Gasteiger charge is -2.25. The number of benzene rings is 2. The molecule has 2 aromatic carbocycles. The molecule has 0 bridgehead atoms. The van der Waals surface area contributed by atoms with Crippen LogP contribution in [0.5, 0.6) is 5.75 Å². The number of aryl methyl sites for hydroxylation is 1. The summed E-state index contributed by atoms with van der Waals surface area (Å²) in [6.07, 6.45) is 3.31. The number of aromatic nitrogens is 2. The molecule has 1 aliphatic rings. The van der Waals surface area contributed by atoms with Crippen LogP contribution in [0.4, 0.5) is 5.69 Å². The molecule has 1 unspecified atom stereocenters. The van der Waals surface area contributed by atoms with Crippen molar-refractivity contribution in [2.45, 2.75) is 19.0 Å². The van der Waals surface area contributed by atoms with Crippen LogP contribution in [0.1, 0.15) is 45.1 Å². The van der Waals surface area contributed by atoms with Gasteiger partial charge in [0, 0.05) is 25.5 Å². The van der Waals surface area contributed by atoms with Crippen LogP contribution in [0, 0.1) is 10.1 Å². The number of amides is 3. The molecule has 0 fully saturated rings. The Balaban J connectivity index is 1.64. The van der Waals surface area contributed by atoms with E-state index in [1.54, 1.807) is 55.4 Å². The number of rotatable bonds is 7. The highest BCUT2D eigenvalue weighted by molar-refractivity contribution is 6.24. The zero-order valence-corrected chi connectivity index (χ0v) is 18.6. The molecule has 1 aromatic heterocycles. The van der Waals surface area contributed by atoms with E-state index >= 15 is 0 Å². The van der Waals surface area contributed by atoms with E-state index in [-0.39, 0.29) is 11.1 Å². The molecule has 3 amide bonds. The minimum absolute atomic E-state index is 0.102. The van der Waals surface area contributed by atoms with Crippen LogP contribution < -0.4 is 10.1 Å². The van der Waals surface area contributed by atoms with E-state index in [4.69, 9.17) is 4.74 Å². The number of nitrogens with one attached hydrogen (secondary N) is 1. The summed E-state index contributed by atoms with van der Waals surface area (Å²) in [5.74, 6) is -1.10. The molecule has 34 heavy (non-hydrogen) atoms. The molecule has 1 aliphatic heterocycles. The van der Waals surface area contributed by atoms with Crippen molar-refractivity contribution in [3.8, 4) is 5.75 Å². The number of carbonyl (C=O) groups excluding carboxylic acids is 3. The maximum absolute atomic E-state index is 13.3. The van der Waals surface area contributed by atoms with Crippen molar-refractivity contribution in [2.75, 3.05) is 7.11 Å². The molecule has 3 aromatic rings. The largest absolute Gasteiger partial charge is 0.497 e. The van der Waals surface area contributed by atoms with Crippen LogP contribution in [0.2, 0.25) is 0 Å². The number of ether oxygens (including phenoxy) is 1. The van der Waals surface area contributed by atoms with E-state index in [1.165, 1.54) is 19.1 Å². The molecular formula is C23H21N5O6. The van der Waals surface area contributed by atoms with Gasteiger partial charge in [0.2, 0.25) is 5.91 Å². The second-order valence-corrected chi connectivity index (χ2v) is 7.72. The number of imide groups is 1. The summed E-state index contributed by atoms with van der Waals surface area (Å²) in [5, 5.41) is 14.2. The molecule has 174 valence electrons. The average molecular weight is 463 g/mol. The van der Waals surface area contributed by atoms with E-state index in [2.05, 4.69) is 10.3 Å². The van der Waals surface area contributed by atoms with Crippen LogP contribution in [-0.4, -0.2) is 50.2 Å². The fourth-order valence-electron chi connectivity index (χ4n) is 3.92. The van der Waals surface area contributed by atoms with Gasteiger partial charge in [-0.05, 0) is 30.7 Å². The lowest BCUT2D eigenvalue weighted by molar-refractivity contribution is -0.385. The normalized spacial score (nSPS) is 14.5. The fourth-order valence-corrected chi connectivity index (χ4v) is 3.92. The fraction of sp³-hybridized carbons (Fsp3) is 0.217. The number of hydrogen-bond acceptors (Lipinski definition) is 7. The number of fused-ring (bicyclic) bond motifs is 1. The number of imidazole rings is 1. The number of methoxy groups -OCH3 is 1. The van der Waals surface area contributed by atoms with Gasteiger partial charge in [0.25, 0.3) is 17.5 Å². The number of nitro groups is 1. The monoisotopic (exact) mass is 463 g/mol. The first-order chi connectivity index (χ1) is 16.2. The van der Waals surface area contributed by atoms with Crippen molar-refractivity contribution in [3.05, 3.63) is 87.5 Å². The summed E-state index contributed by atoms with van der Waals surface area (Å²) in [6.45, 7) is 1.40. The van der Waals surface area contributed by atoms with Crippen molar-refractivity contribution in [1.29, 1.82) is 0 Å². The van der Waals surface area contributed by atoms with Gasteiger partial charge in [0.1, 0.15) is 29.2 Å². The predicted molar refractivity (Wildman–Crippen MR) is 119 cm³/mol. The van der Waals surface area contributed by atoms with E-state index in [0.717, 1.165) is 11.0 Å². The summed E-state index contributed by atoms with van der Waals surface area (Å²) < 4.78 is 6.93. The molecule has 2 heterocycles. The molecule has 0 radical (unpaired) electrons. The van der Waals surface area contributed by atoms with Gasteiger partial charge in [-0.2, -0.15) is 0 Å². The van der Waals surface area contributed by atoms with Crippen LogP contribution in [0.25, 0.3) is 0 Å². The van der Waals surface area contributed by atoms with Crippen molar-refractivity contribution in [3.63, 3.8) is 0 Å². The van der Waals surface area contributed by atoms with Crippen molar-refractivity contribution in [2.24, 2.45) is 7.05 Å². The molecule has 11 nitrogen and oxygen atoms in total. The summed E-state index contributed by atoms with van der Waals surface area (Å²) in [7, 11) is 3.32. The third-order valence-corrected chi connectivity index (χ3v) is 5.74. The average Bonchev–Trinajstić information content (AvgIpc) is 3.37. The second kappa shape index (κ2) is 8.77. The summed E-state index contributed by atoms with van der Waals surface area (Å²) in [6, 6.07) is 8.92. The Morgan fingerprint density at radius 1 is 1.15 bits per heavy atom. The maximum atomic E-state index is 13.3. The third kappa shape index (κ3) is 3.76. The molecule has 11 heteroatoms. The number of nitrogens with zero attached hydrogens (tertiary/aromatic N) is 4. The lowest BCUT2D eigenvalue weighted by atomic mass is 10.0. The third-order valence-electron chi connectivity index (χ3n) is 5.74. The molecular weight excluding hydrogens is 442 g/mol. The first kappa shape index (κ1) is 22.6. The SMILES string of the molecule is COc1ccc(C(NC(=O)[C@H](C)N2C(=O)c3cccc([N+](=O)[O-])c3C2=O)c2nccn2C)cc1. The van der Waals surface area contributed by atoms with Gasteiger partial charge in [-0.1, -0.05) is 18.2 Å². The number of carbonyl (C=O) groups is 3. The molecule has 1 N–H and O–H groups in total. The topological polar surface area (TPSA) is 137 Å². The zero-order valence-electron chi connectivity index (χ0n) is 18.6. The summed E-state index contributed by atoms with van der Waals surface area (Å²) >= 11 is 0. The minimum atomic E-state index is -1.23. The Hall–Kier alpha value is -4.54. The molecule has 0 spiro atoms. The number of nitro benzene ring substituents is 1. The van der Waals surface area contributed by atoms with E-state index in [0.29, 0.717) is 17.1 Å². The molecule has 0 saturated heterocycles. The van der Waals surface area contributed by atoms with Crippen LogP contribution in [-0.2, 0) is 11.8 Å². The number of hydrogen-bond donors (Lipinski definition) is 1. The van der Waals surface area contributed by atoms with Gasteiger partial charge in [-0.25, -0.2) is 4.98 Å². The van der Waals surface area contributed by atoms with Gasteiger partial charge < -0.3 is 14.6 Å². The van der Waals surface area contributed by atoms with Crippen LogP contribution >= 0.6 is 0 Å². The first-order valence-corrected chi connectivity index (χ1v) is 10.3. The molecule has 0 saturated carbocycles. The highest BCUT2D eigenvalue weighted by Gasteiger charge is 2.45. The van der Waals surface area contributed by atoms with Gasteiger partial charge in [0.15, 0.2) is 0 Å². The van der Waals surface area contributed by atoms with Crippen molar-refractivity contribution in [1.82, 2.24) is 19.8 Å². The Kier molecular flexibility index (Phi) is 5.84. The van der Waals surface area contributed by atoms with Crippen LogP contribution in [0.15, 0.2) is 54.9 Å². The van der Waals surface area contributed by atoms with Crippen molar-refractivity contribution >= 4 is 23.4 Å².